The zero-order chi connectivity index (χ0) is 14.8. The number of nitrogens with one attached hydrogen (secondary N) is 1. The van der Waals surface area contributed by atoms with Crippen molar-refractivity contribution in [3.63, 3.8) is 0 Å². The number of piperidine rings is 1. The highest BCUT2D eigenvalue weighted by Gasteiger charge is 2.37. The van der Waals surface area contributed by atoms with Gasteiger partial charge < -0.3 is 15.5 Å². The highest BCUT2D eigenvalue weighted by atomic mass is 16.3. The summed E-state index contributed by atoms with van der Waals surface area (Å²) in [6.07, 6.45) is 8.09. The maximum atomic E-state index is 10.5. The van der Waals surface area contributed by atoms with E-state index in [4.69, 9.17) is 0 Å². The predicted molar refractivity (Wildman–Crippen MR) is 80.6 cm³/mol. The van der Waals surface area contributed by atoms with Gasteiger partial charge in [-0.2, -0.15) is 4.91 Å². The Balaban J connectivity index is 2.21. The van der Waals surface area contributed by atoms with Crippen molar-refractivity contribution in [2.45, 2.75) is 76.5 Å². The second kappa shape index (κ2) is 10.2. The summed E-state index contributed by atoms with van der Waals surface area (Å²) < 4.78 is 0. The lowest BCUT2D eigenvalue weighted by Gasteiger charge is -2.38. The topological polar surface area (TPSA) is 81.9 Å². The maximum absolute atomic E-state index is 10.5. The summed E-state index contributed by atoms with van der Waals surface area (Å²) >= 11 is 0. The molecule has 1 rings (SSSR count). The van der Waals surface area contributed by atoms with Gasteiger partial charge in [0.05, 0.1) is 18.8 Å². The molecule has 0 bridgehead atoms. The van der Waals surface area contributed by atoms with Gasteiger partial charge in [0.15, 0.2) is 0 Å². The van der Waals surface area contributed by atoms with Crippen LogP contribution in [0.25, 0.3) is 0 Å². The van der Waals surface area contributed by atoms with Crippen LogP contribution in [-0.2, 0) is 0 Å². The molecule has 3 N–H and O–H groups in total. The van der Waals surface area contributed by atoms with E-state index in [0.29, 0.717) is 6.54 Å². The molecule has 0 radical (unpaired) electrons. The van der Waals surface area contributed by atoms with Crippen LogP contribution in [0.2, 0.25) is 0 Å². The Kier molecular flexibility index (Phi) is 8.98. The van der Waals surface area contributed by atoms with E-state index in [1.165, 1.54) is 38.5 Å². The molecule has 0 amide bonds. The molecule has 0 saturated carbocycles. The van der Waals surface area contributed by atoms with Gasteiger partial charge in [-0.3, -0.25) is 0 Å². The number of rotatable bonds is 10. The number of β-amino-alcohol motifs (C(OH)–C–C–N with tert-alkyl or cyclic N) is 1. The quantitative estimate of drug-likeness (QED) is 0.425. The second-order valence-electron chi connectivity index (χ2n) is 5.96. The minimum Gasteiger partial charge on any atom is -0.390 e. The summed E-state index contributed by atoms with van der Waals surface area (Å²) in [5, 5.41) is 25.7. The molecule has 0 aromatic carbocycles. The average molecular weight is 286 g/mol. The Labute approximate surface area is 122 Å². The van der Waals surface area contributed by atoms with Crippen molar-refractivity contribution < 1.29 is 10.2 Å². The average Bonchev–Trinajstić information content (AvgIpc) is 2.45. The van der Waals surface area contributed by atoms with Crippen molar-refractivity contribution in [1.29, 1.82) is 0 Å². The standard InChI is InChI=1S/C15H30N2O3/c1-2-3-4-5-6-7-8-9-13-12(10-17-20)15(19)14(18)11-16-13/h12-16,18-19H,2-11H2,1H3. The fraction of sp³-hybridized carbons (Fsp3) is 1.00. The van der Waals surface area contributed by atoms with E-state index in [1.54, 1.807) is 0 Å². The number of aliphatic hydroxyl groups is 2. The van der Waals surface area contributed by atoms with Crippen LogP contribution in [0.15, 0.2) is 5.18 Å². The van der Waals surface area contributed by atoms with E-state index < -0.39 is 12.2 Å². The minimum absolute atomic E-state index is 0.0758. The van der Waals surface area contributed by atoms with Crippen molar-refractivity contribution >= 4 is 0 Å². The molecule has 1 saturated heterocycles. The number of nitrogens with zero attached hydrogens (tertiary/aromatic N) is 1. The summed E-state index contributed by atoms with van der Waals surface area (Å²) in [6.45, 7) is 2.69. The number of unbranched alkanes of at least 4 members (excludes halogenated alkanes) is 6. The second-order valence-corrected chi connectivity index (χ2v) is 5.96. The van der Waals surface area contributed by atoms with E-state index >= 15 is 0 Å². The van der Waals surface area contributed by atoms with E-state index in [9.17, 15) is 15.1 Å². The molecule has 4 unspecified atom stereocenters. The SMILES string of the molecule is CCCCCCCCCC1NCC(O)C(O)C1CN=O. The largest absolute Gasteiger partial charge is 0.390 e. The van der Waals surface area contributed by atoms with E-state index in [-0.39, 0.29) is 18.5 Å². The highest BCUT2D eigenvalue weighted by molar-refractivity contribution is 4.92. The molecule has 0 aromatic rings. The van der Waals surface area contributed by atoms with Crippen LogP contribution in [0, 0.1) is 10.8 Å². The van der Waals surface area contributed by atoms with Crippen LogP contribution in [0.4, 0.5) is 0 Å². The third-order valence-corrected chi connectivity index (χ3v) is 4.34. The van der Waals surface area contributed by atoms with Crippen LogP contribution in [0.3, 0.4) is 0 Å². The molecule has 0 spiro atoms. The number of hydrogen-bond donors (Lipinski definition) is 3. The Morgan fingerprint density at radius 2 is 1.75 bits per heavy atom. The van der Waals surface area contributed by atoms with Gasteiger partial charge in [0.2, 0.25) is 0 Å². The summed E-state index contributed by atoms with van der Waals surface area (Å²) in [7, 11) is 0. The fourth-order valence-corrected chi connectivity index (χ4v) is 3.03. The van der Waals surface area contributed by atoms with Gasteiger partial charge in [-0.15, -0.1) is 0 Å². The predicted octanol–water partition coefficient (Wildman–Crippen LogP) is 2.20. The smallest absolute Gasteiger partial charge is 0.0927 e. The first-order valence-electron chi connectivity index (χ1n) is 8.09. The monoisotopic (exact) mass is 286 g/mol. The molecule has 1 aliphatic heterocycles. The Morgan fingerprint density at radius 3 is 2.40 bits per heavy atom. The normalized spacial score (nSPS) is 30.4. The number of hydrogen-bond acceptors (Lipinski definition) is 5. The van der Waals surface area contributed by atoms with E-state index in [2.05, 4.69) is 17.4 Å². The van der Waals surface area contributed by atoms with Gasteiger partial charge in [0.1, 0.15) is 0 Å². The molecule has 118 valence electrons. The zero-order valence-electron chi connectivity index (χ0n) is 12.6. The van der Waals surface area contributed by atoms with Gasteiger partial charge in [0.25, 0.3) is 0 Å². The molecule has 1 heterocycles. The molecule has 4 atom stereocenters. The third-order valence-electron chi connectivity index (χ3n) is 4.34. The zero-order valence-corrected chi connectivity index (χ0v) is 12.6. The van der Waals surface area contributed by atoms with Gasteiger partial charge >= 0.3 is 0 Å². The van der Waals surface area contributed by atoms with Crippen molar-refractivity contribution in [1.82, 2.24) is 5.32 Å². The fourth-order valence-electron chi connectivity index (χ4n) is 3.03. The lowest BCUT2D eigenvalue weighted by molar-refractivity contribution is -0.0500. The molecule has 0 aromatic heterocycles. The van der Waals surface area contributed by atoms with Crippen LogP contribution >= 0.6 is 0 Å². The van der Waals surface area contributed by atoms with Gasteiger partial charge in [-0.1, -0.05) is 57.0 Å². The summed E-state index contributed by atoms with van der Waals surface area (Å²) in [6, 6.07) is 0.0988. The molecule has 1 fully saturated rings. The Morgan fingerprint density at radius 1 is 1.10 bits per heavy atom. The number of nitroso groups, excluding NO2 is 1. The van der Waals surface area contributed by atoms with Crippen molar-refractivity contribution in [3.8, 4) is 0 Å². The van der Waals surface area contributed by atoms with E-state index in [1.807, 2.05) is 0 Å². The first kappa shape index (κ1) is 17.5. The lowest BCUT2D eigenvalue weighted by atomic mass is 9.84. The Bertz CT molecular complexity index is 264. The summed E-state index contributed by atoms with van der Waals surface area (Å²) in [5.41, 5.74) is 0. The molecule has 5 nitrogen and oxygen atoms in total. The molecular weight excluding hydrogens is 256 g/mol. The molecular formula is C15H30N2O3. The Hall–Kier alpha value is -0.520. The molecule has 0 aliphatic carbocycles. The van der Waals surface area contributed by atoms with Crippen LogP contribution in [-0.4, -0.2) is 41.6 Å². The van der Waals surface area contributed by atoms with Crippen LogP contribution in [0.1, 0.15) is 58.3 Å². The number of aliphatic hydroxyl groups excluding tert-OH is 2. The minimum atomic E-state index is -0.830. The maximum Gasteiger partial charge on any atom is 0.0927 e. The molecule has 20 heavy (non-hydrogen) atoms. The van der Waals surface area contributed by atoms with Gasteiger partial charge in [-0.25, -0.2) is 0 Å². The first-order chi connectivity index (χ1) is 9.70. The molecule has 5 heteroatoms. The lowest BCUT2D eigenvalue weighted by Crippen LogP contribution is -2.57. The third kappa shape index (κ3) is 5.85. The van der Waals surface area contributed by atoms with Crippen LogP contribution in [0.5, 0.6) is 0 Å². The van der Waals surface area contributed by atoms with E-state index in [0.717, 1.165) is 12.8 Å². The van der Waals surface area contributed by atoms with Gasteiger partial charge in [0, 0.05) is 18.5 Å². The highest BCUT2D eigenvalue weighted by Crippen LogP contribution is 2.22. The summed E-state index contributed by atoms with van der Waals surface area (Å²) in [5.74, 6) is -0.253. The van der Waals surface area contributed by atoms with Crippen LogP contribution < -0.4 is 5.32 Å². The van der Waals surface area contributed by atoms with Gasteiger partial charge in [-0.05, 0) is 6.42 Å². The summed E-state index contributed by atoms with van der Waals surface area (Å²) in [4.78, 5) is 10.5. The molecule has 1 aliphatic rings. The van der Waals surface area contributed by atoms with Crippen molar-refractivity contribution in [2.24, 2.45) is 11.1 Å². The first-order valence-corrected chi connectivity index (χ1v) is 8.09. The van der Waals surface area contributed by atoms with Crippen molar-refractivity contribution in [2.75, 3.05) is 13.1 Å². The van der Waals surface area contributed by atoms with Crippen molar-refractivity contribution in [3.05, 3.63) is 4.91 Å².